The number of hydrogen-bond acceptors (Lipinski definition) is 9. The third-order valence-electron chi connectivity index (χ3n) is 5.45. The fraction of sp³-hybridized carbons (Fsp3) is 0.320. The minimum Gasteiger partial charge on any atom is -0.481 e. The Bertz CT molecular complexity index is 1230. The molecule has 2 rings (SSSR count). The Balaban J connectivity index is 1.72. The topological polar surface area (TPSA) is 219 Å². The molecule has 220 valence electrons. The maximum absolute atomic E-state index is 12.5. The number of benzene rings is 1. The number of carbonyl (C=O) groups excluding carboxylic acids is 2. The number of carbonyl (C=O) groups is 5. The van der Waals surface area contributed by atoms with E-state index >= 15 is 0 Å². The van der Waals surface area contributed by atoms with E-state index in [2.05, 4.69) is 31.5 Å². The summed E-state index contributed by atoms with van der Waals surface area (Å²) in [4.78, 5) is 62.3. The van der Waals surface area contributed by atoms with Crippen LogP contribution in [-0.2, 0) is 14.4 Å². The molecule has 1 heterocycles. The van der Waals surface area contributed by atoms with E-state index in [-0.39, 0.29) is 37.1 Å². The highest BCUT2D eigenvalue weighted by Crippen LogP contribution is 2.18. The summed E-state index contributed by atoms with van der Waals surface area (Å²) in [5.74, 6) is -4.02. The van der Waals surface area contributed by atoms with E-state index in [9.17, 15) is 33.0 Å². The van der Waals surface area contributed by atoms with Gasteiger partial charge in [-0.3, -0.25) is 15.0 Å². The molecule has 2 atom stereocenters. The Morgan fingerprint density at radius 3 is 2.15 bits per heavy atom. The van der Waals surface area contributed by atoms with Crippen molar-refractivity contribution in [3.8, 4) is 0 Å². The van der Waals surface area contributed by atoms with Crippen LogP contribution < -0.4 is 21.4 Å². The first kappa shape index (κ1) is 32.5. The third-order valence-corrected chi connectivity index (χ3v) is 5.90. The summed E-state index contributed by atoms with van der Waals surface area (Å²) in [6, 6.07) is 5.87. The molecule has 0 radical (unpaired) electrons. The van der Waals surface area contributed by atoms with Crippen LogP contribution in [0.15, 0.2) is 52.6 Å². The number of carboxylic acids is 3. The van der Waals surface area contributed by atoms with Crippen LogP contribution in [0.5, 0.6) is 0 Å². The van der Waals surface area contributed by atoms with Gasteiger partial charge in [-0.05, 0) is 55.5 Å². The minimum atomic E-state index is -1.49. The molecule has 2 unspecified atom stereocenters. The molecule has 1 aromatic carbocycles. The number of amides is 3. The van der Waals surface area contributed by atoms with Gasteiger partial charge in [0.2, 0.25) is 0 Å². The first-order valence-electron chi connectivity index (χ1n) is 12.3. The van der Waals surface area contributed by atoms with Crippen molar-refractivity contribution < 1.29 is 43.2 Å². The number of urea groups is 1. The van der Waals surface area contributed by atoms with Gasteiger partial charge in [0.25, 0.3) is 5.91 Å². The number of hydrazone groups is 1. The SMILES string of the molecule is O=C(O)CCC(NC(=O)NC(CCCCNC(=O)c1ccc(N/N=C/c2ccc(SF)cc2)nc1)C(=O)O)C(=O)O. The molecule has 0 aliphatic heterocycles. The van der Waals surface area contributed by atoms with Crippen LogP contribution in [0, 0.1) is 0 Å². The smallest absolute Gasteiger partial charge is 0.326 e. The standard InChI is InChI=1S/C25H29FN6O8S/c26-41-17-7-4-15(5-8-17)13-29-32-20-10-6-16(14-28-20)22(35)27-12-2-1-3-18(23(36)37)30-25(40)31-19(24(38)39)9-11-21(33)34/h4-8,10,13-14,18-19H,1-3,9,11-12H2,(H,27,35)(H,28,32)(H,33,34)(H,36,37)(H,38,39)(H2,30,31,40)/b29-13+. The summed E-state index contributed by atoms with van der Waals surface area (Å²) >= 11 is 0.149. The fourth-order valence-electron chi connectivity index (χ4n) is 3.29. The van der Waals surface area contributed by atoms with Crippen molar-refractivity contribution in [1.29, 1.82) is 0 Å². The van der Waals surface area contributed by atoms with Crippen molar-refractivity contribution in [3.63, 3.8) is 0 Å². The number of aliphatic carboxylic acids is 3. The lowest BCUT2D eigenvalue weighted by atomic mass is 10.1. The zero-order valence-electron chi connectivity index (χ0n) is 21.6. The normalized spacial score (nSPS) is 12.2. The van der Waals surface area contributed by atoms with E-state index < -0.39 is 48.4 Å². The lowest BCUT2D eigenvalue weighted by Crippen LogP contribution is -2.51. The number of nitrogens with zero attached hydrogens (tertiary/aromatic N) is 2. The average Bonchev–Trinajstić information content (AvgIpc) is 2.94. The lowest BCUT2D eigenvalue weighted by Gasteiger charge is -2.18. The van der Waals surface area contributed by atoms with E-state index in [0.717, 1.165) is 5.56 Å². The molecule has 41 heavy (non-hydrogen) atoms. The first-order chi connectivity index (χ1) is 19.6. The van der Waals surface area contributed by atoms with Gasteiger partial charge in [0.1, 0.15) is 17.9 Å². The summed E-state index contributed by atoms with van der Waals surface area (Å²) in [5, 5.41) is 38.1. The van der Waals surface area contributed by atoms with Crippen LogP contribution in [-0.4, -0.2) is 75.0 Å². The Morgan fingerprint density at radius 1 is 0.927 bits per heavy atom. The Hall–Kier alpha value is -4.73. The maximum atomic E-state index is 12.5. The summed E-state index contributed by atoms with van der Waals surface area (Å²) in [5.41, 5.74) is 3.76. The summed E-state index contributed by atoms with van der Waals surface area (Å²) in [6.45, 7) is 0.220. The fourth-order valence-corrected chi connectivity index (χ4v) is 3.53. The molecule has 0 spiro atoms. The second kappa shape index (κ2) is 17.1. The number of carboxylic acid groups (broad SMARTS) is 3. The first-order valence-corrected chi connectivity index (χ1v) is 13.0. The van der Waals surface area contributed by atoms with Crippen LogP contribution in [0.25, 0.3) is 0 Å². The molecule has 7 N–H and O–H groups in total. The highest BCUT2D eigenvalue weighted by Gasteiger charge is 2.24. The van der Waals surface area contributed by atoms with Crippen LogP contribution >= 0.6 is 12.1 Å². The van der Waals surface area contributed by atoms with E-state index in [1.165, 1.54) is 18.5 Å². The number of unbranched alkanes of at least 4 members (excludes halogenated alkanes) is 1. The lowest BCUT2D eigenvalue weighted by molar-refractivity contribution is -0.140. The van der Waals surface area contributed by atoms with E-state index in [4.69, 9.17) is 10.2 Å². The maximum Gasteiger partial charge on any atom is 0.326 e. The Morgan fingerprint density at radius 2 is 1.59 bits per heavy atom. The van der Waals surface area contributed by atoms with Gasteiger partial charge in [0.15, 0.2) is 0 Å². The van der Waals surface area contributed by atoms with Crippen molar-refractivity contribution in [1.82, 2.24) is 20.9 Å². The number of aromatic nitrogens is 1. The van der Waals surface area contributed by atoms with Gasteiger partial charge in [0.05, 0.1) is 23.9 Å². The van der Waals surface area contributed by atoms with E-state index in [1.54, 1.807) is 30.3 Å². The van der Waals surface area contributed by atoms with Gasteiger partial charge < -0.3 is 31.3 Å². The molecule has 0 bridgehead atoms. The van der Waals surface area contributed by atoms with Gasteiger partial charge in [0, 0.05) is 24.1 Å². The molecule has 0 saturated carbocycles. The van der Waals surface area contributed by atoms with Crippen molar-refractivity contribution in [2.24, 2.45) is 5.10 Å². The molecule has 0 saturated heterocycles. The van der Waals surface area contributed by atoms with Crippen molar-refractivity contribution >= 4 is 54.0 Å². The number of rotatable bonds is 17. The molecule has 0 aliphatic carbocycles. The number of hydrogen-bond donors (Lipinski definition) is 7. The molecule has 16 heteroatoms. The number of anilines is 1. The van der Waals surface area contributed by atoms with Gasteiger partial charge in [-0.1, -0.05) is 12.1 Å². The molecule has 0 fully saturated rings. The zero-order chi connectivity index (χ0) is 30.2. The van der Waals surface area contributed by atoms with Crippen molar-refractivity contribution in [3.05, 3.63) is 53.7 Å². The van der Waals surface area contributed by atoms with Gasteiger partial charge in [-0.2, -0.15) is 8.99 Å². The van der Waals surface area contributed by atoms with Gasteiger partial charge in [-0.25, -0.2) is 19.4 Å². The Kier molecular flexibility index (Phi) is 13.5. The molecule has 1 aromatic heterocycles. The predicted octanol–water partition coefficient (Wildman–Crippen LogP) is 2.47. The van der Waals surface area contributed by atoms with Gasteiger partial charge in [-0.15, -0.1) is 0 Å². The molecule has 3 amide bonds. The quantitative estimate of drug-likeness (QED) is 0.0803. The highest BCUT2D eigenvalue weighted by atomic mass is 32.2. The molecular weight excluding hydrogens is 563 g/mol. The molecular formula is C25H29FN6O8S. The van der Waals surface area contributed by atoms with E-state index in [1.807, 2.05) is 0 Å². The second-order valence-electron chi connectivity index (χ2n) is 8.53. The van der Waals surface area contributed by atoms with Gasteiger partial charge >= 0.3 is 23.9 Å². The minimum absolute atomic E-state index is 0.00683. The third kappa shape index (κ3) is 12.3. The monoisotopic (exact) mass is 592 g/mol. The average molecular weight is 593 g/mol. The molecule has 14 nitrogen and oxygen atoms in total. The number of nitrogens with one attached hydrogen (secondary N) is 4. The summed E-state index contributed by atoms with van der Waals surface area (Å²) < 4.78 is 12.5. The summed E-state index contributed by atoms with van der Waals surface area (Å²) in [6.07, 6.45) is 2.74. The predicted molar refractivity (Wildman–Crippen MR) is 146 cm³/mol. The van der Waals surface area contributed by atoms with Crippen LogP contribution in [0.3, 0.4) is 0 Å². The van der Waals surface area contributed by atoms with Crippen molar-refractivity contribution in [2.45, 2.75) is 49.1 Å². The highest BCUT2D eigenvalue weighted by molar-refractivity contribution is 7.94. The molecule has 0 aliphatic rings. The van der Waals surface area contributed by atoms with E-state index in [0.29, 0.717) is 23.6 Å². The van der Waals surface area contributed by atoms with Crippen LogP contribution in [0.2, 0.25) is 0 Å². The number of pyridine rings is 1. The second-order valence-corrected chi connectivity index (χ2v) is 9.16. The van der Waals surface area contributed by atoms with Crippen LogP contribution in [0.1, 0.15) is 48.0 Å². The Labute approximate surface area is 238 Å². The zero-order valence-corrected chi connectivity index (χ0v) is 22.4. The largest absolute Gasteiger partial charge is 0.481 e. The van der Waals surface area contributed by atoms with Crippen molar-refractivity contribution in [2.75, 3.05) is 12.0 Å². The molecule has 2 aromatic rings. The number of halogens is 1. The summed E-state index contributed by atoms with van der Waals surface area (Å²) in [7, 11) is 0. The van der Waals surface area contributed by atoms with Crippen LogP contribution in [0.4, 0.5) is 14.5 Å².